The van der Waals surface area contributed by atoms with Crippen LogP contribution in [0.1, 0.15) is 30.4 Å². The Bertz CT molecular complexity index is 766. The quantitative estimate of drug-likeness (QED) is 0.346. The van der Waals surface area contributed by atoms with Crippen molar-refractivity contribution in [2.75, 3.05) is 46.8 Å². The monoisotopic (exact) mass is 553 g/mol. The average molecular weight is 553 g/mol. The molecule has 2 saturated heterocycles. The molecular weight excluding hydrogens is 522 g/mol. The maximum atomic E-state index is 13.0. The Morgan fingerprint density at radius 3 is 2.58 bits per heavy atom. The molecule has 2 heterocycles. The summed E-state index contributed by atoms with van der Waals surface area (Å²) in [5.41, 5.74) is -0.193. The van der Waals surface area contributed by atoms with Crippen molar-refractivity contribution in [2.45, 2.75) is 38.0 Å². The first-order valence-electron chi connectivity index (χ1n) is 10.4. The molecule has 0 bridgehead atoms. The van der Waals surface area contributed by atoms with Gasteiger partial charge in [0.05, 0.1) is 18.7 Å². The number of aliphatic imine (C=N–C) groups is 1. The van der Waals surface area contributed by atoms with E-state index in [4.69, 9.17) is 0 Å². The zero-order chi connectivity index (χ0) is 21.7. The third-order valence-corrected chi connectivity index (χ3v) is 5.68. The first-order valence-corrected chi connectivity index (χ1v) is 10.4. The molecule has 0 saturated carbocycles. The zero-order valence-electron chi connectivity index (χ0n) is 18.0. The lowest BCUT2D eigenvalue weighted by Crippen LogP contribution is -2.45. The number of rotatable bonds is 5. The van der Waals surface area contributed by atoms with E-state index >= 15 is 0 Å². The molecular formula is C21H31F3IN5O. The van der Waals surface area contributed by atoms with E-state index in [-0.39, 0.29) is 43.0 Å². The van der Waals surface area contributed by atoms with E-state index in [9.17, 15) is 18.0 Å². The van der Waals surface area contributed by atoms with Crippen molar-refractivity contribution in [2.24, 2.45) is 4.99 Å². The van der Waals surface area contributed by atoms with Gasteiger partial charge in [-0.25, -0.2) is 4.99 Å². The summed E-state index contributed by atoms with van der Waals surface area (Å²) in [5.74, 6) is 0.487. The number of guanidine groups is 1. The normalized spacial score (nSPS) is 20.0. The molecule has 0 aliphatic carbocycles. The van der Waals surface area contributed by atoms with Gasteiger partial charge in [0.1, 0.15) is 0 Å². The lowest BCUT2D eigenvalue weighted by Gasteiger charge is -2.26. The van der Waals surface area contributed by atoms with Gasteiger partial charge in [-0.05, 0) is 50.0 Å². The molecule has 2 aliphatic rings. The molecule has 0 radical (unpaired) electrons. The SMILES string of the molecule is CN(C)C(=O)CNC(=NCc1cccc(C(F)(F)F)c1)N1CCC(N2CCCC2)C1.I. The van der Waals surface area contributed by atoms with Crippen LogP contribution in [0.5, 0.6) is 0 Å². The molecule has 3 rings (SSSR count). The fourth-order valence-electron chi connectivity index (χ4n) is 3.93. The molecule has 1 unspecified atom stereocenters. The maximum Gasteiger partial charge on any atom is 0.416 e. The van der Waals surface area contributed by atoms with E-state index in [2.05, 4.69) is 20.1 Å². The highest BCUT2D eigenvalue weighted by Crippen LogP contribution is 2.29. The first-order chi connectivity index (χ1) is 14.2. The number of likely N-dealkylation sites (N-methyl/N-ethyl adjacent to an activating group) is 1. The summed E-state index contributed by atoms with van der Waals surface area (Å²) in [7, 11) is 3.37. The molecule has 10 heteroatoms. The highest BCUT2D eigenvalue weighted by molar-refractivity contribution is 14.0. The topological polar surface area (TPSA) is 51.2 Å². The predicted octanol–water partition coefficient (Wildman–Crippen LogP) is 3.03. The Kier molecular flexibility index (Phi) is 9.41. The minimum Gasteiger partial charge on any atom is -0.347 e. The van der Waals surface area contributed by atoms with Crippen LogP contribution in [0.15, 0.2) is 29.3 Å². The second-order valence-electron chi connectivity index (χ2n) is 8.11. The number of carbonyl (C=O) groups excluding carboxylic acids is 1. The van der Waals surface area contributed by atoms with Crippen LogP contribution in [-0.2, 0) is 17.5 Å². The van der Waals surface area contributed by atoms with Gasteiger partial charge in [-0.1, -0.05) is 12.1 Å². The Morgan fingerprint density at radius 1 is 1.23 bits per heavy atom. The summed E-state index contributed by atoms with van der Waals surface area (Å²) < 4.78 is 39.0. The minimum absolute atomic E-state index is 0. The Balaban J connectivity index is 0.00000341. The number of likely N-dealkylation sites (tertiary alicyclic amines) is 2. The third kappa shape index (κ3) is 7.23. The molecule has 2 fully saturated rings. The van der Waals surface area contributed by atoms with Crippen LogP contribution >= 0.6 is 24.0 Å². The van der Waals surface area contributed by atoms with E-state index in [1.165, 1.54) is 23.8 Å². The van der Waals surface area contributed by atoms with Crippen LogP contribution in [0.25, 0.3) is 0 Å². The van der Waals surface area contributed by atoms with E-state index in [1.54, 1.807) is 20.2 Å². The number of halogens is 4. The van der Waals surface area contributed by atoms with Crippen molar-refractivity contribution < 1.29 is 18.0 Å². The van der Waals surface area contributed by atoms with Crippen LogP contribution in [0.2, 0.25) is 0 Å². The second kappa shape index (κ2) is 11.3. The summed E-state index contributed by atoms with van der Waals surface area (Å²) in [6.45, 7) is 4.06. The van der Waals surface area contributed by atoms with E-state index in [1.807, 2.05) is 0 Å². The Hall–Kier alpha value is -1.56. The van der Waals surface area contributed by atoms with Gasteiger partial charge < -0.3 is 15.1 Å². The lowest BCUT2D eigenvalue weighted by molar-refractivity contribution is -0.137. The van der Waals surface area contributed by atoms with E-state index < -0.39 is 11.7 Å². The van der Waals surface area contributed by atoms with E-state index in [0.717, 1.165) is 44.7 Å². The third-order valence-electron chi connectivity index (χ3n) is 5.68. The fourth-order valence-corrected chi connectivity index (χ4v) is 3.93. The van der Waals surface area contributed by atoms with Gasteiger partial charge in [-0.3, -0.25) is 9.69 Å². The van der Waals surface area contributed by atoms with Gasteiger partial charge in [0.2, 0.25) is 5.91 Å². The number of amides is 1. The number of hydrogen-bond acceptors (Lipinski definition) is 3. The predicted molar refractivity (Wildman–Crippen MR) is 125 cm³/mol. The number of nitrogens with one attached hydrogen (secondary N) is 1. The van der Waals surface area contributed by atoms with Crippen LogP contribution in [0.4, 0.5) is 13.2 Å². The largest absolute Gasteiger partial charge is 0.416 e. The molecule has 6 nitrogen and oxygen atoms in total. The van der Waals surface area contributed by atoms with Crippen molar-refractivity contribution in [1.82, 2.24) is 20.0 Å². The summed E-state index contributed by atoms with van der Waals surface area (Å²) in [6, 6.07) is 5.68. The van der Waals surface area contributed by atoms with Crippen molar-refractivity contribution in [3.63, 3.8) is 0 Å². The highest BCUT2D eigenvalue weighted by Gasteiger charge is 2.32. The van der Waals surface area contributed by atoms with Crippen molar-refractivity contribution in [3.8, 4) is 0 Å². The van der Waals surface area contributed by atoms with Gasteiger partial charge in [0, 0.05) is 33.2 Å². The van der Waals surface area contributed by atoms with Gasteiger partial charge in [-0.2, -0.15) is 13.2 Å². The molecule has 1 N–H and O–H groups in total. The van der Waals surface area contributed by atoms with Gasteiger partial charge >= 0.3 is 6.18 Å². The van der Waals surface area contributed by atoms with Gasteiger partial charge in [-0.15, -0.1) is 24.0 Å². The van der Waals surface area contributed by atoms with Gasteiger partial charge in [0.15, 0.2) is 5.96 Å². The lowest BCUT2D eigenvalue weighted by atomic mass is 10.1. The molecule has 174 valence electrons. The Morgan fingerprint density at radius 2 is 1.94 bits per heavy atom. The number of hydrogen-bond donors (Lipinski definition) is 1. The van der Waals surface area contributed by atoms with E-state index in [0.29, 0.717) is 17.6 Å². The number of benzene rings is 1. The van der Waals surface area contributed by atoms with Crippen molar-refractivity contribution in [1.29, 1.82) is 0 Å². The molecule has 1 aromatic carbocycles. The summed E-state index contributed by atoms with van der Waals surface area (Å²) in [6.07, 6.45) is -0.909. The zero-order valence-corrected chi connectivity index (χ0v) is 20.3. The molecule has 0 spiro atoms. The molecule has 31 heavy (non-hydrogen) atoms. The molecule has 1 amide bonds. The summed E-state index contributed by atoms with van der Waals surface area (Å²) in [4.78, 5) is 22.7. The van der Waals surface area contributed by atoms with Crippen molar-refractivity contribution >= 4 is 35.8 Å². The van der Waals surface area contributed by atoms with Gasteiger partial charge in [0.25, 0.3) is 0 Å². The summed E-state index contributed by atoms with van der Waals surface area (Å²) in [5, 5.41) is 3.11. The summed E-state index contributed by atoms with van der Waals surface area (Å²) >= 11 is 0. The standard InChI is InChI=1S/C21H30F3N5O.HI/c1-27(2)19(30)14-26-20(29-11-8-18(15-29)28-9-3-4-10-28)25-13-16-6-5-7-17(12-16)21(22,23)24;/h5-7,12,18H,3-4,8-11,13-15H2,1-2H3,(H,25,26);1H. The van der Waals surface area contributed by atoms with Crippen LogP contribution in [0, 0.1) is 0 Å². The smallest absolute Gasteiger partial charge is 0.347 e. The maximum absolute atomic E-state index is 13.0. The van der Waals surface area contributed by atoms with Crippen LogP contribution < -0.4 is 5.32 Å². The van der Waals surface area contributed by atoms with Crippen molar-refractivity contribution in [3.05, 3.63) is 35.4 Å². The number of alkyl halides is 3. The molecule has 2 aliphatic heterocycles. The molecule has 1 atom stereocenters. The molecule has 0 aromatic heterocycles. The number of nitrogens with zero attached hydrogens (tertiary/aromatic N) is 4. The first kappa shape index (κ1) is 25.7. The highest BCUT2D eigenvalue weighted by atomic mass is 127. The number of carbonyl (C=O) groups is 1. The second-order valence-corrected chi connectivity index (χ2v) is 8.11. The average Bonchev–Trinajstić information content (AvgIpc) is 3.39. The van der Waals surface area contributed by atoms with Crippen LogP contribution in [-0.4, -0.2) is 79.4 Å². The van der Waals surface area contributed by atoms with Crippen LogP contribution in [0.3, 0.4) is 0 Å². The minimum atomic E-state index is -4.38. The Labute approximate surface area is 198 Å². The fraction of sp³-hybridized carbons (Fsp3) is 0.619. The molecule has 1 aromatic rings.